The minimum atomic E-state index is -0.00514. The van der Waals surface area contributed by atoms with E-state index in [-0.39, 0.29) is 25.4 Å². The molecule has 1 aromatic rings. The zero-order valence-corrected chi connectivity index (χ0v) is 13.0. The standard InChI is InChI=1S/C13H18BrNO.H2S/c1-9(2)7-10(3)15-13(16)11-5-4-6-12(14)8-11;/h4-6,8-10H,7H2,1-3H3,(H,15,16);1H2. The van der Waals surface area contributed by atoms with Crippen molar-refractivity contribution in [3.8, 4) is 0 Å². The number of hydrogen-bond donors (Lipinski definition) is 1. The summed E-state index contributed by atoms with van der Waals surface area (Å²) in [6.45, 7) is 6.35. The van der Waals surface area contributed by atoms with Gasteiger partial charge in [0, 0.05) is 16.1 Å². The number of halogens is 1. The van der Waals surface area contributed by atoms with E-state index in [9.17, 15) is 4.79 Å². The lowest BCUT2D eigenvalue weighted by atomic mass is 10.0. The van der Waals surface area contributed by atoms with Crippen molar-refractivity contribution in [1.82, 2.24) is 5.32 Å². The third kappa shape index (κ3) is 6.13. The first-order valence-electron chi connectivity index (χ1n) is 5.55. The highest BCUT2D eigenvalue weighted by Gasteiger charge is 2.10. The van der Waals surface area contributed by atoms with Gasteiger partial charge in [0.1, 0.15) is 0 Å². The summed E-state index contributed by atoms with van der Waals surface area (Å²) in [5.41, 5.74) is 0.699. The molecule has 1 rings (SSSR count). The number of hydrogen-bond acceptors (Lipinski definition) is 1. The summed E-state index contributed by atoms with van der Waals surface area (Å²) in [6, 6.07) is 7.64. The van der Waals surface area contributed by atoms with Crippen LogP contribution in [0.3, 0.4) is 0 Å². The summed E-state index contributed by atoms with van der Waals surface area (Å²) in [5, 5.41) is 2.99. The lowest BCUT2D eigenvalue weighted by Crippen LogP contribution is -2.33. The van der Waals surface area contributed by atoms with Crippen molar-refractivity contribution in [3.63, 3.8) is 0 Å². The molecule has 0 fully saturated rings. The Kier molecular flexibility index (Phi) is 7.55. The highest BCUT2D eigenvalue weighted by molar-refractivity contribution is 9.10. The van der Waals surface area contributed by atoms with Gasteiger partial charge in [-0.1, -0.05) is 35.8 Å². The van der Waals surface area contributed by atoms with Crippen LogP contribution in [0.4, 0.5) is 0 Å². The van der Waals surface area contributed by atoms with Gasteiger partial charge in [0.15, 0.2) is 0 Å². The fourth-order valence-electron chi connectivity index (χ4n) is 1.70. The summed E-state index contributed by atoms with van der Waals surface area (Å²) >= 11 is 3.36. The zero-order valence-electron chi connectivity index (χ0n) is 10.5. The average molecular weight is 318 g/mol. The smallest absolute Gasteiger partial charge is 0.251 e. The number of benzene rings is 1. The summed E-state index contributed by atoms with van der Waals surface area (Å²) in [6.07, 6.45) is 1.000. The molecule has 0 spiro atoms. The van der Waals surface area contributed by atoms with Gasteiger partial charge in [0.2, 0.25) is 0 Å². The number of amides is 1. The molecule has 1 atom stereocenters. The molecule has 4 heteroatoms. The molecule has 17 heavy (non-hydrogen) atoms. The maximum atomic E-state index is 11.9. The molecule has 1 unspecified atom stereocenters. The number of carbonyl (C=O) groups excluding carboxylic acids is 1. The van der Waals surface area contributed by atoms with Crippen LogP contribution in [0.2, 0.25) is 0 Å². The van der Waals surface area contributed by atoms with Crippen LogP contribution in [0.25, 0.3) is 0 Å². The van der Waals surface area contributed by atoms with E-state index in [1.165, 1.54) is 0 Å². The Balaban J connectivity index is 0.00000256. The van der Waals surface area contributed by atoms with Crippen LogP contribution < -0.4 is 5.32 Å². The largest absolute Gasteiger partial charge is 0.350 e. The van der Waals surface area contributed by atoms with Crippen molar-refractivity contribution in [2.75, 3.05) is 0 Å². The maximum Gasteiger partial charge on any atom is 0.251 e. The third-order valence-corrected chi connectivity index (χ3v) is 2.78. The van der Waals surface area contributed by atoms with E-state index >= 15 is 0 Å². The van der Waals surface area contributed by atoms with Crippen molar-refractivity contribution in [2.24, 2.45) is 5.92 Å². The highest BCUT2D eigenvalue weighted by atomic mass is 79.9. The van der Waals surface area contributed by atoms with Gasteiger partial charge in [-0.25, -0.2) is 0 Å². The maximum absolute atomic E-state index is 11.9. The van der Waals surface area contributed by atoms with Crippen molar-refractivity contribution >= 4 is 35.3 Å². The van der Waals surface area contributed by atoms with Gasteiger partial charge in [0.25, 0.3) is 5.91 Å². The Morgan fingerprint density at radius 2 is 2.00 bits per heavy atom. The molecule has 96 valence electrons. The molecular weight excluding hydrogens is 298 g/mol. The van der Waals surface area contributed by atoms with Crippen LogP contribution in [-0.4, -0.2) is 11.9 Å². The molecule has 1 amide bonds. The van der Waals surface area contributed by atoms with Crippen LogP contribution in [0.15, 0.2) is 28.7 Å². The molecule has 0 aliphatic rings. The second-order valence-electron chi connectivity index (χ2n) is 4.51. The summed E-state index contributed by atoms with van der Waals surface area (Å²) in [4.78, 5) is 11.9. The van der Waals surface area contributed by atoms with Gasteiger partial charge < -0.3 is 5.32 Å². The van der Waals surface area contributed by atoms with Gasteiger partial charge in [-0.15, -0.1) is 0 Å². The first-order chi connectivity index (χ1) is 7.49. The molecule has 0 saturated carbocycles. The minimum absolute atomic E-state index is 0. The van der Waals surface area contributed by atoms with Gasteiger partial charge >= 0.3 is 0 Å². The lowest BCUT2D eigenvalue weighted by Gasteiger charge is -2.15. The quantitative estimate of drug-likeness (QED) is 0.900. The molecule has 0 bridgehead atoms. The van der Waals surface area contributed by atoms with E-state index < -0.39 is 0 Å². The van der Waals surface area contributed by atoms with Crippen molar-refractivity contribution < 1.29 is 4.79 Å². The summed E-state index contributed by atoms with van der Waals surface area (Å²) in [5.74, 6) is 0.590. The Morgan fingerprint density at radius 3 is 2.53 bits per heavy atom. The van der Waals surface area contributed by atoms with E-state index in [2.05, 4.69) is 35.1 Å². The predicted octanol–water partition coefficient (Wildman–Crippen LogP) is 3.73. The van der Waals surface area contributed by atoms with E-state index in [1.807, 2.05) is 31.2 Å². The Labute approximate surface area is 119 Å². The topological polar surface area (TPSA) is 29.1 Å². The first kappa shape index (κ1) is 16.5. The van der Waals surface area contributed by atoms with Crippen LogP contribution in [0.5, 0.6) is 0 Å². The molecule has 1 aromatic carbocycles. The van der Waals surface area contributed by atoms with Crippen molar-refractivity contribution in [1.29, 1.82) is 0 Å². The molecule has 0 aromatic heterocycles. The van der Waals surface area contributed by atoms with E-state index in [0.29, 0.717) is 11.5 Å². The third-order valence-electron chi connectivity index (χ3n) is 2.29. The van der Waals surface area contributed by atoms with Crippen LogP contribution in [0.1, 0.15) is 37.6 Å². The average Bonchev–Trinajstić information content (AvgIpc) is 2.16. The number of carbonyl (C=O) groups is 1. The van der Waals surface area contributed by atoms with E-state index in [1.54, 1.807) is 0 Å². The highest BCUT2D eigenvalue weighted by Crippen LogP contribution is 2.12. The van der Waals surface area contributed by atoms with E-state index in [0.717, 1.165) is 10.9 Å². The van der Waals surface area contributed by atoms with Crippen molar-refractivity contribution in [3.05, 3.63) is 34.3 Å². The zero-order chi connectivity index (χ0) is 12.1. The molecular formula is C13H20BrNOS. The fourth-order valence-corrected chi connectivity index (χ4v) is 2.10. The molecule has 0 radical (unpaired) electrons. The van der Waals surface area contributed by atoms with Gasteiger partial charge in [-0.2, -0.15) is 13.5 Å². The van der Waals surface area contributed by atoms with Crippen LogP contribution >= 0.6 is 29.4 Å². The second kappa shape index (κ2) is 7.77. The SMILES string of the molecule is CC(C)CC(C)NC(=O)c1cccc(Br)c1.S. The Bertz CT molecular complexity index is 368. The fraction of sp³-hybridized carbons (Fsp3) is 0.462. The Morgan fingerprint density at radius 1 is 1.35 bits per heavy atom. The molecule has 1 N–H and O–H groups in total. The van der Waals surface area contributed by atoms with Crippen molar-refractivity contribution in [2.45, 2.75) is 33.2 Å². The van der Waals surface area contributed by atoms with Gasteiger partial charge in [0.05, 0.1) is 0 Å². The molecule has 2 nitrogen and oxygen atoms in total. The lowest BCUT2D eigenvalue weighted by molar-refractivity contribution is 0.0936. The van der Waals surface area contributed by atoms with Gasteiger partial charge in [-0.3, -0.25) is 4.79 Å². The number of nitrogens with one attached hydrogen (secondary N) is 1. The molecule has 0 aliphatic heterocycles. The summed E-state index contributed by atoms with van der Waals surface area (Å²) in [7, 11) is 0. The van der Waals surface area contributed by atoms with E-state index in [4.69, 9.17) is 0 Å². The Hall–Kier alpha value is -0.480. The molecule has 0 saturated heterocycles. The normalized spacial score (nSPS) is 11.8. The minimum Gasteiger partial charge on any atom is -0.350 e. The van der Waals surface area contributed by atoms with Gasteiger partial charge in [-0.05, 0) is 37.5 Å². The predicted molar refractivity (Wildman–Crippen MR) is 80.9 cm³/mol. The molecule has 0 heterocycles. The second-order valence-corrected chi connectivity index (χ2v) is 5.43. The summed E-state index contributed by atoms with van der Waals surface area (Å²) < 4.78 is 0.927. The van der Waals surface area contributed by atoms with Crippen LogP contribution in [0, 0.1) is 5.92 Å². The van der Waals surface area contributed by atoms with Crippen LogP contribution in [-0.2, 0) is 0 Å². The monoisotopic (exact) mass is 317 g/mol. The molecule has 0 aliphatic carbocycles. The number of rotatable bonds is 4. The first-order valence-corrected chi connectivity index (χ1v) is 6.34.